The minimum absolute atomic E-state index is 0.0818. The summed E-state index contributed by atoms with van der Waals surface area (Å²) in [6, 6.07) is 10.3. The number of aliphatic hydroxyl groups excluding tert-OH is 1. The number of nitrogens with one attached hydrogen (secondary N) is 2. The van der Waals surface area contributed by atoms with Crippen molar-refractivity contribution in [1.82, 2.24) is 25.2 Å². The monoisotopic (exact) mass is 379 g/mol. The van der Waals surface area contributed by atoms with Gasteiger partial charge in [-0.3, -0.25) is 14.7 Å². The van der Waals surface area contributed by atoms with Crippen molar-refractivity contribution in [2.45, 2.75) is 31.9 Å². The summed E-state index contributed by atoms with van der Waals surface area (Å²) in [7, 11) is 0. The van der Waals surface area contributed by atoms with Gasteiger partial charge in [0, 0.05) is 45.2 Å². The Hall–Kier alpha value is -2.77. The molecule has 0 saturated heterocycles. The summed E-state index contributed by atoms with van der Waals surface area (Å²) >= 11 is 0. The van der Waals surface area contributed by atoms with Gasteiger partial charge in [0.15, 0.2) is 0 Å². The van der Waals surface area contributed by atoms with Gasteiger partial charge in [-0.1, -0.05) is 24.3 Å². The van der Waals surface area contributed by atoms with Gasteiger partial charge >= 0.3 is 0 Å². The zero-order valence-corrected chi connectivity index (χ0v) is 15.8. The Morgan fingerprint density at radius 3 is 3.00 bits per heavy atom. The molecule has 1 unspecified atom stereocenters. The van der Waals surface area contributed by atoms with Crippen molar-refractivity contribution < 1.29 is 9.90 Å². The second-order valence-corrected chi connectivity index (χ2v) is 7.29. The van der Waals surface area contributed by atoms with Gasteiger partial charge in [0.1, 0.15) is 5.82 Å². The molecule has 146 valence electrons. The van der Waals surface area contributed by atoms with E-state index >= 15 is 0 Å². The van der Waals surface area contributed by atoms with Crippen molar-refractivity contribution in [2.24, 2.45) is 0 Å². The summed E-state index contributed by atoms with van der Waals surface area (Å²) in [5.41, 5.74) is 4.44. The number of amides is 1. The molecule has 2 aromatic heterocycles. The van der Waals surface area contributed by atoms with E-state index < -0.39 is 6.10 Å². The predicted molar refractivity (Wildman–Crippen MR) is 107 cm³/mol. The highest BCUT2D eigenvalue weighted by molar-refractivity contribution is 5.76. The molecule has 1 atom stereocenters. The molecule has 0 spiro atoms. The molecule has 0 saturated carbocycles. The maximum Gasteiger partial charge on any atom is 0.220 e. The Morgan fingerprint density at radius 1 is 1.29 bits per heavy atom. The van der Waals surface area contributed by atoms with Gasteiger partial charge in [-0.15, -0.1) is 0 Å². The number of H-pyrrole nitrogens is 1. The van der Waals surface area contributed by atoms with Crippen LogP contribution in [0.5, 0.6) is 0 Å². The summed E-state index contributed by atoms with van der Waals surface area (Å²) in [5.74, 6) is 0.687. The molecule has 7 heteroatoms. The third kappa shape index (κ3) is 4.55. The van der Waals surface area contributed by atoms with Crippen LogP contribution in [0.3, 0.4) is 0 Å². The Kier molecular flexibility index (Phi) is 5.64. The van der Waals surface area contributed by atoms with E-state index in [0.29, 0.717) is 19.4 Å². The smallest absolute Gasteiger partial charge is 0.220 e. The molecule has 0 radical (unpaired) electrons. The third-order valence-electron chi connectivity index (χ3n) is 5.13. The van der Waals surface area contributed by atoms with Crippen molar-refractivity contribution in [3.05, 3.63) is 59.7 Å². The summed E-state index contributed by atoms with van der Waals surface area (Å²) in [6.07, 6.45) is 4.70. The number of nitrogens with zero attached hydrogens (tertiary/aromatic N) is 3. The van der Waals surface area contributed by atoms with Crippen molar-refractivity contribution >= 4 is 16.9 Å². The number of aromatic nitrogens is 3. The highest BCUT2D eigenvalue weighted by Crippen LogP contribution is 2.18. The van der Waals surface area contributed by atoms with E-state index in [1.54, 1.807) is 12.4 Å². The minimum Gasteiger partial charge on any atom is -0.390 e. The van der Waals surface area contributed by atoms with Crippen LogP contribution in [0.25, 0.3) is 11.0 Å². The third-order valence-corrected chi connectivity index (χ3v) is 5.13. The quantitative estimate of drug-likeness (QED) is 0.577. The van der Waals surface area contributed by atoms with E-state index in [2.05, 4.69) is 49.4 Å². The molecule has 0 aliphatic carbocycles. The SMILES string of the molecule is O=C(CCc1nc2ccncc2[nH]1)NCC(O)CN1CCc2ccccc2C1. The second kappa shape index (κ2) is 8.50. The van der Waals surface area contributed by atoms with Gasteiger partial charge in [0.2, 0.25) is 5.91 Å². The number of carbonyl (C=O) groups is 1. The summed E-state index contributed by atoms with van der Waals surface area (Å²) in [6.45, 7) is 2.61. The molecular weight excluding hydrogens is 354 g/mol. The van der Waals surface area contributed by atoms with Crippen LogP contribution >= 0.6 is 0 Å². The molecule has 0 bridgehead atoms. The van der Waals surface area contributed by atoms with Gasteiger partial charge in [0.05, 0.1) is 23.3 Å². The van der Waals surface area contributed by atoms with Crippen LogP contribution in [-0.2, 0) is 24.2 Å². The molecule has 1 aliphatic rings. The molecule has 3 aromatic rings. The number of hydrogen-bond donors (Lipinski definition) is 3. The van der Waals surface area contributed by atoms with Crippen LogP contribution in [0.1, 0.15) is 23.4 Å². The number of fused-ring (bicyclic) bond motifs is 2. The fraction of sp³-hybridized carbons (Fsp3) is 0.381. The molecular formula is C21H25N5O2. The van der Waals surface area contributed by atoms with Gasteiger partial charge in [0.25, 0.3) is 0 Å². The highest BCUT2D eigenvalue weighted by atomic mass is 16.3. The first kappa shape index (κ1) is 18.6. The van der Waals surface area contributed by atoms with Gasteiger partial charge in [-0.2, -0.15) is 0 Å². The highest BCUT2D eigenvalue weighted by Gasteiger charge is 2.18. The van der Waals surface area contributed by atoms with Crippen molar-refractivity contribution in [2.75, 3.05) is 19.6 Å². The van der Waals surface area contributed by atoms with Gasteiger partial charge < -0.3 is 15.4 Å². The van der Waals surface area contributed by atoms with E-state index in [1.807, 2.05) is 6.07 Å². The number of hydrogen-bond acceptors (Lipinski definition) is 5. The number of rotatable bonds is 7. The minimum atomic E-state index is -0.577. The van der Waals surface area contributed by atoms with Crippen molar-refractivity contribution in [1.29, 1.82) is 0 Å². The van der Waals surface area contributed by atoms with Crippen LogP contribution in [-0.4, -0.2) is 56.6 Å². The number of imidazole rings is 1. The average molecular weight is 379 g/mol. The lowest BCUT2D eigenvalue weighted by molar-refractivity contribution is -0.121. The maximum absolute atomic E-state index is 12.1. The summed E-state index contributed by atoms with van der Waals surface area (Å²) in [5, 5.41) is 13.1. The lowest BCUT2D eigenvalue weighted by Gasteiger charge is -2.30. The first-order chi connectivity index (χ1) is 13.7. The number of benzene rings is 1. The van der Waals surface area contributed by atoms with E-state index in [1.165, 1.54) is 11.1 Å². The Balaban J connectivity index is 1.19. The molecule has 1 aliphatic heterocycles. The molecule has 4 rings (SSSR count). The average Bonchev–Trinajstić information content (AvgIpc) is 3.14. The van der Waals surface area contributed by atoms with E-state index in [4.69, 9.17) is 0 Å². The standard InChI is InChI=1S/C21H25N5O2/c27-17(14-26-10-8-15-3-1-2-4-16(15)13-26)11-23-21(28)6-5-20-24-18-7-9-22-12-19(18)25-20/h1-4,7,9,12,17,27H,5-6,8,10-11,13-14H2,(H,23,28)(H,24,25). The lowest BCUT2D eigenvalue weighted by Crippen LogP contribution is -2.42. The zero-order valence-electron chi connectivity index (χ0n) is 15.8. The van der Waals surface area contributed by atoms with Crippen LogP contribution in [0.15, 0.2) is 42.7 Å². The first-order valence-corrected chi connectivity index (χ1v) is 9.70. The van der Waals surface area contributed by atoms with Crippen LogP contribution in [0.4, 0.5) is 0 Å². The molecule has 28 heavy (non-hydrogen) atoms. The van der Waals surface area contributed by atoms with Crippen LogP contribution < -0.4 is 5.32 Å². The lowest BCUT2D eigenvalue weighted by atomic mass is 10.00. The first-order valence-electron chi connectivity index (χ1n) is 9.70. The second-order valence-electron chi connectivity index (χ2n) is 7.29. The number of carbonyl (C=O) groups excluding carboxylic acids is 1. The predicted octanol–water partition coefficient (Wildman–Crippen LogP) is 1.43. The fourth-order valence-electron chi connectivity index (χ4n) is 3.65. The zero-order chi connectivity index (χ0) is 19.3. The van der Waals surface area contributed by atoms with E-state index in [9.17, 15) is 9.90 Å². The number of aryl methyl sites for hydroxylation is 1. The molecule has 1 aromatic carbocycles. The molecule has 1 amide bonds. The summed E-state index contributed by atoms with van der Waals surface area (Å²) in [4.78, 5) is 26.0. The Labute approximate surface area is 163 Å². The summed E-state index contributed by atoms with van der Waals surface area (Å²) < 4.78 is 0. The van der Waals surface area contributed by atoms with Crippen molar-refractivity contribution in [3.8, 4) is 0 Å². The molecule has 0 fully saturated rings. The van der Waals surface area contributed by atoms with Crippen LogP contribution in [0, 0.1) is 0 Å². The van der Waals surface area contributed by atoms with Crippen molar-refractivity contribution in [3.63, 3.8) is 0 Å². The largest absolute Gasteiger partial charge is 0.390 e. The molecule has 3 heterocycles. The van der Waals surface area contributed by atoms with Gasteiger partial charge in [-0.05, 0) is 23.6 Å². The Morgan fingerprint density at radius 2 is 2.14 bits per heavy atom. The number of β-amino-alcohol motifs (C(OH)–C–C–N with tert-alkyl or cyclic N) is 1. The molecule has 7 nitrogen and oxygen atoms in total. The maximum atomic E-state index is 12.1. The fourth-order valence-corrected chi connectivity index (χ4v) is 3.65. The van der Waals surface area contributed by atoms with Gasteiger partial charge in [-0.25, -0.2) is 4.98 Å². The normalized spacial score (nSPS) is 15.3. The molecule has 3 N–H and O–H groups in total. The number of aromatic amines is 1. The Bertz CT molecular complexity index is 922. The number of aliphatic hydroxyl groups is 1. The van der Waals surface area contributed by atoms with Crippen LogP contribution in [0.2, 0.25) is 0 Å². The topological polar surface area (TPSA) is 94.1 Å². The van der Waals surface area contributed by atoms with E-state index in [-0.39, 0.29) is 12.5 Å². The van der Waals surface area contributed by atoms with E-state index in [0.717, 1.165) is 36.4 Å². The number of pyridine rings is 1.